The molecule has 2 N–H and O–H groups in total. The Hall–Kier alpha value is -1.72. The van der Waals surface area contributed by atoms with Crippen LogP contribution in [0.5, 0.6) is 0 Å². The van der Waals surface area contributed by atoms with E-state index in [1.54, 1.807) is 11.3 Å². The van der Waals surface area contributed by atoms with Crippen molar-refractivity contribution in [2.24, 2.45) is 5.73 Å². The molecule has 3 aromatic heterocycles. The standard InChI is InChI=1S/C14H14N4S/c15-13(12-2-1-7-19-12)14-17-10-8-16-6-5-11(10)18(14)9-3-4-9/h1-2,5-9,13H,3-4,15H2. The molecule has 0 amide bonds. The lowest BCUT2D eigenvalue weighted by Gasteiger charge is -2.12. The number of nitrogens with zero attached hydrogens (tertiary/aromatic N) is 3. The Balaban J connectivity index is 1.91. The van der Waals surface area contributed by atoms with E-state index in [9.17, 15) is 0 Å². The molecule has 4 rings (SSSR count). The van der Waals surface area contributed by atoms with Crippen molar-refractivity contribution in [1.29, 1.82) is 0 Å². The highest BCUT2D eigenvalue weighted by atomic mass is 32.1. The number of imidazole rings is 1. The fraction of sp³-hybridized carbons (Fsp3) is 0.286. The Labute approximate surface area is 114 Å². The first-order chi connectivity index (χ1) is 9.34. The van der Waals surface area contributed by atoms with Crippen molar-refractivity contribution >= 4 is 22.4 Å². The van der Waals surface area contributed by atoms with Gasteiger partial charge in [0.05, 0.1) is 17.8 Å². The maximum absolute atomic E-state index is 6.40. The smallest absolute Gasteiger partial charge is 0.132 e. The van der Waals surface area contributed by atoms with Crippen LogP contribution in [0.1, 0.15) is 35.6 Å². The number of pyridine rings is 1. The predicted octanol–water partition coefficient (Wildman–Crippen LogP) is 2.88. The first-order valence-electron chi connectivity index (χ1n) is 6.45. The van der Waals surface area contributed by atoms with Crippen LogP contribution in [-0.4, -0.2) is 14.5 Å². The lowest BCUT2D eigenvalue weighted by atomic mass is 10.2. The number of nitrogens with two attached hydrogens (primary N) is 1. The fourth-order valence-corrected chi connectivity index (χ4v) is 3.22. The number of hydrogen-bond donors (Lipinski definition) is 1. The molecule has 1 saturated carbocycles. The first-order valence-corrected chi connectivity index (χ1v) is 7.33. The van der Waals surface area contributed by atoms with Gasteiger partial charge in [-0.15, -0.1) is 11.3 Å². The topological polar surface area (TPSA) is 56.7 Å². The summed E-state index contributed by atoms with van der Waals surface area (Å²) in [5, 5.41) is 2.06. The van der Waals surface area contributed by atoms with Gasteiger partial charge >= 0.3 is 0 Å². The van der Waals surface area contributed by atoms with Crippen molar-refractivity contribution in [3.63, 3.8) is 0 Å². The summed E-state index contributed by atoms with van der Waals surface area (Å²) >= 11 is 1.68. The van der Waals surface area contributed by atoms with Gasteiger partial charge in [-0.05, 0) is 30.4 Å². The van der Waals surface area contributed by atoms with E-state index in [1.165, 1.54) is 12.8 Å². The van der Waals surface area contributed by atoms with Crippen molar-refractivity contribution in [2.45, 2.75) is 24.9 Å². The summed E-state index contributed by atoms with van der Waals surface area (Å²) in [7, 11) is 0. The lowest BCUT2D eigenvalue weighted by molar-refractivity contribution is 0.664. The van der Waals surface area contributed by atoms with Crippen LogP contribution in [0.4, 0.5) is 0 Å². The van der Waals surface area contributed by atoms with Gasteiger partial charge in [-0.3, -0.25) is 4.98 Å². The maximum Gasteiger partial charge on any atom is 0.132 e. The van der Waals surface area contributed by atoms with Gasteiger partial charge in [0, 0.05) is 17.1 Å². The second-order valence-corrected chi connectivity index (χ2v) is 5.91. The Morgan fingerprint density at radius 3 is 3.00 bits per heavy atom. The zero-order chi connectivity index (χ0) is 12.8. The molecule has 0 spiro atoms. The number of aromatic nitrogens is 3. The summed E-state index contributed by atoms with van der Waals surface area (Å²) in [5.41, 5.74) is 8.49. The van der Waals surface area contributed by atoms with Crippen molar-refractivity contribution in [2.75, 3.05) is 0 Å². The van der Waals surface area contributed by atoms with E-state index in [0.29, 0.717) is 6.04 Å². The third-order valence-electron chi connectivity index (χ3n) is 3.56. The molecule has 1 fully saturated rings. The van der Waals surface area contributed by atoms with Gasteiger partial charge in [0.25, 0.3) is 0 Å². The molecular formula is C14H14N4S. The highest BCUT2D eigenvalue weighted by molar-refractivity contribution is 7.10. The van der Waals surface area contributed by atoms with Gasteiger partial charge in [-0.1, -0.05) is 6.07 Å². The van der Waals surface area contributed by atoms with Gasteiger partial charge in [-0.25, -0.2) is 4.98 Å². The number of rotatable bonds is 3. The molecule has 1 atom stereocenters. The largest absolute Gasteiger partial charge is 0.323 e. The molecule has 1 aliphatic carbocycles. The number of thiophene rings is 1. The summed E-state index contributed by atoms with van der Waals surface area (Å²) in [4.78, 5) is 10.0. The summed E-state index contributed by atoms with van der Waals surface area (Å²) in [6, 6.07) is 6.56. The van der Waals surface area contributed by atoms with E-state index in [0.717, 1.165) is 21.7 Å². The third-order valence-corrected chi connectivity index (χ3v) is 4.51. The minimum absolute atomic E-state index is 0.145. The van der Waals surface area contributed by atoms with Gasteiger partial charge in [0.2, 0.25) is 0 Å². The van der Waals surface area contributed by atoms with E-state index >= 15 is 0 Å². The highest BCUT2D eigenvalue weighted by Gasteiger charge is 2.30. The molecule has 1 aliphatic rings. The van der Waals surface area contributed by atoms with Crippen LogP contribution in [0, 0.1) is 0 Å². The molecule has 96 valence electrons. The first kappa shape index (κ1) is 11.1. The maximum atomic E-state index is 6.40. The van der Waals surface area contributed by atoms with Crippen molar-refractivity contribution < 1.29 is 0 Å². The number of fused-ring (bicyclic) bond motifs is 1. The molecule has 0 aliphatic heterocycles. The Kier molecular flexibility index (Phi) is 2.43. The van der Waals surface area contributed by atoms with Crippen LogP contribution >= 0.6 is 11.3 Å². The van der Waals surface area contributed by atoms with Crippen molar-refractivity contribution in [3.8, 4) is 0 Å². The summed E-state index contributed by atoms with van der Waals surface area (Å²) in [5.74, 6) is 0.966. The van der Waals surface area contributed by atoms with Crippen molar-refractivity contribution in [3.05, 3.63) is 46.7 Å². The van der Waals surface area contributed by atoms with Crippen molar-refractivity contribution in [1.82, 2.24) is 14.5 Å². The zero-order valence-electron chi connectivity index (χ0n) is 10.4. The molecule has 0 radical (unpaired) electrons. The van der Waals surface area contributed by atoms with E-state index in [-0.39, 0.29) is 6.04 Å². The average Bonchev–Trinajstić information content (AvgIpc) is 3.01. The minimum atomic E-state index is -0.145. The van der Waals surface area contributed by atoms with Crippen LogP contribution in [0.15, 0.2) is 36.0 Å². The van der Waals surface area contributed by atoms with Gasteiger partial charge < -0.3 is 10.3 Å². The lowest BCUT2D eigenvalue weighted by Crippen LogP contribution is -2.16. The molecule has 19 heavy (non-hydrogen) atoms. The zero-order valence-corrected chi connectivity index (χ0v) is 11.2. The minimum Gasteiger partial charge on any atom is -0.323 e. The van der Waals surface area contributed by atoms with Gasteiger partial charge in [-0.2, -0.15) is 0 Å². The number of hydrogen-bond acceptors (Lipinski definition) is 4. The summed E-state index contributed by atoms with van der Waals surface area (Å²) < 4.78 is 2.31. The molecule has 0 aromatic carbocycles. The third kappa shape index (κ3) is 1.77. The van der Waals surface area contributed by atoms with Crippen LogP contribution in [-0.2, 0) is 0 Å². The summed E-state index contributed by atoms with van der Waals surface area (Å²) in [6.07, 6.45) is 6.08. The highest BCUT2D eigenvalue weighted by Crippen LogP contribution is 2.40. The quantitative estimate of drug-likeness (QED) is 0.796. The predicted molar refractivity (Wildman–Crippen MR) is 76.1 cm³/mol. The van der Waals surface area contributed by atoms with E-state index in [1.807, 2.05) is 24.5 Å². The van der Waals surface area contributed by atoms with Gasteiger partial charge in [0.1, 0.15) is 11.3 Å². The Morgan fingerprint density at radius 1 is 1.37 bits per heavy atom. The van der Waals surface area contributed by atoms with E-state index < -0.39 is 0 Å². The molecule has 0 bridgehead atoms. The molecule has 5 heteroatoms. The van der Waals surface area contributed by atoms with Crippen LogP contribution in [0.2, 0.25) is 0 Å². The normalized spacial score (nSPS) is 16.9. The van der Waals surface area contributed by atoms with E-state index in [2.05, 4.69) is 21.0 Å². The Bertz CT molecular complexity index is 712. The van der Waals surface area contributed by atoms with Crippen LogP contribution in [0.25, 0.3) is 11.0 Å². The van der Waals surface area contributed by atoms with Crippen LogP contribution in [0.3, 0.4) is 0 Å². The van der Waals surface area contributed by atoms with Gasteiger partial charge in [0.15, 0.2) is 0 Å². The molecule has 3 aromatic rings. The molecule has 3 heterocycles. The Morgan fingerprint density at radius 2 is 2.26 bits per heavy atom. The molecule has 0 saturated heterocycles. The summed E-state index contributed by atoms with van der Waals surface area (Å²) in [6.45, 7) is 0. The molecule has 4 nitrogen and oxygen atoms in total. The molecular weight excluding hydrogens is 256 g/mol. The second kappa shape index (κ2) is 4.15. The molecule has 1 unspecified atom stereocenters. The monoisotopic (exact) mass is 270 g/mol. The van der Waals surface area contributed by atoms with E-state index in [4.69, 9.17) is 10.7 Å². The fourth-order valence-electron chi connectivity index (χ4n) is 2.50. The average molecular weight is 270 g/mol. The second-order valence-electron chi connectivity index (χ2n) is 4.93. The SMILES string of the molecule is NC(c1cccs1)c1nc2cnccc2n1C1CC1. The van der Waals surface area contributed by atoms with Crippen LogP contribution < -0.4 is 5.73 Å².